The molecular weight excluding hydrogens is 248 g/mol. The van der Waals surface area contributed by atoms with Gasteiger partial charge in [-0.1, -0.05) is 18.2 Å². The molecule has 17 heavy (non-hydrogen) atoms. The van der Waals surface area contributed by atoms with Crippen LogP contribution in [0, 0.1) is 0 Å². The minimum Gasteiger partial charge on any atom is -0.428 e. The van der Waals surface area contributed by atoms with Gasteiger partial charge < -0.3 is 4.18 Å². The van der Waals surface area contributed by atoms with Crippen molar-refractivity contribution in [1.82, 2.24) is 0 Å². The van der Waals surface area contributed by atoms with Crippen molar-refractivity contribution >= 4 is 34.6 Å². The molecule has 2 aromatic carbocycles. The largest absolute Gasteiger partial charge is 0.428 e. The van der Waals surface area contributed by atoms with E-state index in [9.17, 15) is 0 Å². The van der Waals surface area contributed by atoms with E-state index < -0.39 is 0 Å². The lowest BCUT2D eigenvalue weighted by Crippen LogP contribution is -2.04. The van der Waals surface area contributed by atoms with Gasteiger partial charge in [0.2, 0.25) is 0 Å². The van der Waals surface area contributed by atoms with Crippen LogP contribution >= 0.6 is 12.9 Å². The molecule has 88 valence electrons. The lowest BCUT2D eigenvalue weighted by Gasteiger charge is -2.08. The molecule has 0 spiro atoms. The van der Waals surface area contributed by atoms with E-state index in [-0.39, 0.29) is 0 Å². The second-order valence-electron chi connectivity index (χ2n) is 4.31. The van der Waals surface area contributed by atoms with Crippen LogP contribution in [0.1, 0.15) is 12.8 Å². The molecule has 0 N–H and O–H groups in total. The molecule has 2 aromatic rings. The zero-order valence-electron chi connectivity index (χ0n) is 9.56. The Morgan fingerprint density at radius 2 is 1.65 bits per heavy atom. The Labute approximate surface area is 110 Å². The average Bonchev–Trinajstić information content (AvgIpc) is 2.91. The molecule has 1 aliphatic heterocycles. The summed E-state index contributed by atoms with van der Waals surface area (Å²) in [5, 5.41) is 2.52. The van der Waals surface area contributed by atoms with Gasteiger partial charge in [0, 0.05) is 34.6 Å². The molecule has 1 nitrogen and oxygen atoms in total. The van der Waals surface area contributed by atoms with Gasteiger partial charge in [-0.25, -0.2) is 0 Å². The summed E-state index contributed by atoms with van der Waals surface area (Å²) < 4.78 is 5.14. The van der Waals surface area contributed by atoms with E-state index in [0.717, 1.165) is 5.75 Å². The first-order chi connectivity index (χ1) is 8.40. The van der Waals surface area contributed by atoms with Crippen molar-refractivity contribution < 1.29 is 4.18 Å². The van der Waals surface area contributed by atoms with Gasteiger partial charge in [-0.05, 0) is 31.0 Å². The Hall–Kier alpha value is -0.800. The molecule has 1 aliphatic rings. The summed E-state index contributed by atoms with van der Waals surface area (Å²) in [7, 11) is 0.444. The average molecular weight is 263 g/mol. The number of hydrogen-bond donors (Lipinski definition) is 1. The number of rotatable bonds is 2. The van der Waals surface area contributed by atoms with Gasteiger partial charge in [-0.15, -0.1) is 0 Å². The number of benzene rings is 2. The van der Waals surface area contributed by atoms with E-state index in [0.29, 0.717) is 10.9 Å². The summed E-state index contributed by atoms with van der Waals surface area (Å²) in [6.45, 7) is 0. The molecule has 0 bridgehead atoms. The normalized spacial score (nSPS) is 16.5. The lowest BCUT2D eigenvalue weighted by molar-refractivity contribution is 0.666. The van der Waals surface area contributed by atoms with Crippen LogP contribution in [0.15, 0.2) is 41.3 Å². The second-order valence-corrected chi connectivity index (χ2v) is 6.73. The van der Waals surface area contributed by atoms with E-state index in [4.69, 9.17) is 4.18 Å². The summed E-state index contributed by atoms with van der Waals surface area (Å²) in [5.74, 6) is 3.56. The van der Waals surface area contributed by atoms with Crippen molar-refractivity contribution in [3.05, 3.63) is 36.4 Å². The first kappa shape index (κ1) is 11.3. The zero-order chi connectivity index (χ0) is 11.7. The third-order valence-electron chi connectivity index (χ3n) is 3.28. The van der Waals surface area contributed by atoms with Gasteiger partial charge >= 0.3 is 0 Å². The predicted molar refractivity (Wildman–Crippen MR) is 78.2 cm³/mol. The summed E-state index contributed by atoms with van der Waals surface area (Å²) in [5.41, 5.74) is 0. The van der Waals surface area contributed by atoms with Crippen LogP contribution in [-0.2, 0) is 10.9 Å². The number of hydrogen-bond acceptors (Lipinski definition) is 2. The zero-order valence-corrected chi connectivity index (χ0v) is 11.3. The van der Waals surface area contributed by atoms with Gasteiger partial charge in [0.25, 0.3) is 0 Å². The lowest BCUT2D eigenvalue weighted by atomic mass is 10.1. The Kier molecular flexibility index (Phi) is 3.21. The van der Waals surface area contributed by atoms with E-state index in [1.807, 2.05) is 0 Å². The smallest absolute Gasteiger partial charge is 0.162 e. The fraction of sp³-hybridized carbons (Fsp3) is 0.286. The van der Waals surface area contributed by atoms with Gasteiger partial charge in [-0.2, -0.15) is 0 Å². The first-order valence-electron chi connectivity index (χ1n) is 5.91. The molecular formula is C14H15OS2+. The third kappa shape index (κ3) is 2.02. The highest BCUT2D eigenvalue weighted by Crippen LogP contribution is 2.34. The quantitative estimate of drug-likeness (QED) is 0.492. The van der Waals surface area contributed by atoms with Crippen molar-refractivity contribution in [2.45, 2.75) is 17.7 Å². The van der Waals surface area contributed by atoms with Crippen LogP contribution in [0.2, 0.25) is 0 Å². The Bertz CT molecular complexity index is 533. The number of thiol groups is 1. The van der Waals surface area contributed by atoms with E-state index in [2.05, 4.69) is 49.3 Å². The molecule has 3 rings (SSSR count). The SMILES string of the molecule is SOc1ccc([S+]2CCCC2)c2ccccc12. The maximum atomic E-state index is 5.14. The Morgan fingerprint density at radius 3 is 2.35 bits per heavy atom. The summed E-state index contributed by atoms with van der Waals surface area (Å²) in [4.78, 5) is 1.51. The Morgan fingerprint density at radius 1 is 0.941 bits per heavy atom. The van der Waals surface area contributed by atoms with Crippen molar-refractivity contribution in [1.29, 1.82) is 0 Å². The van der Waals surface area contributed by atoms with Gasteiger partial charge in [0.15, 0.2) is 4.90 Å². The molecule has 0 aliphatic carbocycles. The minimum absolute atomic E-state index is 0.444. The fourth-order valence-corrected chi connectivity index (χ4v) is 5.11. The van der Waals surface area contributed by atoms with Crippen LogP contribution in [0.5, 0.6) is 5.75 Å². The minimum atomic E-state index is 0.444. The van der Waals surface area contributed by atoms with E-state index >= 15 is 0 Å². The molecule has 3 heteroatoms. The van der Waals surface area contributed by atoms with Crippen molar-refractivity contribution in [2.24, 2.45) is 0 Å². The fourth-order valence-electron chi connectivity index (χ4n) is 2.45. The highest BCUT2D eigenvalue weighted by atomic mass is 32.2. The van der Waals surface area contributed by atoms with Crippen LogP contribution < -0.4 is 4.18 Å². The first-order valence-corrected chi connectivity index (χ1v) is 7.83. The molecule has 0 unspecified atom stereocenters. The van der Waals surface area contributed by atoms with Crippen LogP contribution in [0.25, 0.3) is 10.8 Å². The highest BCUT2D eigenvalue weighted by molar-refractivity contribution is 7.97. The maximum absolute atomic E-state index is 5.14. The van der Waals surface area contributed by atoms with Gasteiger partial charge in [-0.3, -0.25) is 0 Å². The summed E-state index contributed by atoms with van der Waals surface area (Å²) in [6, 6.07) is 12.8. The summed E-state index contributed by atoms with van der Waals surface area (Å²) >= 11 is 3.93. The third-order valence-corrected chi connectivity index (χ3v) is 6.02. The van der Waals surface area contributed by atoms with Crippen LogP contribution in [-0.4, -0.2) is 11.5 Å². The predicted octanol–water partition coefficient (Wildman–Crippen LogP) is 3.83. The van der Waals surface area contributed by atoms with Crippen molar-refractivity contribution in [3.63, 3.8) is 0 Å². The topological polar surface area (TPSA) is 9.23 Å². The van der Waals surface area contributed by atoms with Crippen molar-refractivity contribution in [3.8, 4) is 5.75 Å². The van der Waals surface area contributed by atoms with Crippen molar-refractivity contribution in [2.75, 3.05) is 11.5 Å². The standard InChI is InChI=1S/C14H14OS2/c16-15-13-7-8-14(17-9-3-4-10-17)12-6-2-1-5-11(12)13/h1-2,5-8H,3-4,9-10H2/p+1. The maximum Gasteiger partial charge on any atom is 0.162 e. The molecule has 1 heterocycles. The van der Waals surface area contributed by atoms with Crippen LogP contribution in [0.3, 0.4) is 0 Å². The molecule has 0 radical (unpaired) electrons. The van der Waals surface area contributed by atoms with E-state index in [1.165, 1.54) is 40.0 Å². The van der Waals surface area contributed by atoms with Gasteiger partial charge in [0.05, 0.1) is 0 Å². The second kappa shape index (κ2) is 4.83. The molecule has 1 saturated heterocycles. The molecule has 1 fully saturated rings. The monoisotopic (exact) mass is 263 g/mol. The molecule has 0 amide bonds. The molecule has 0 saturated carbocycles. The van der Waals surface area contributed by atoms with Crippen LogP contribution in [0.4, 0.5) is 0 Å². The molecule has 0 atom stereocenters. The van der Waals surface area contributed by atoms with E-state index in [1.54, 1.807) is 0 Å². The number of fused-ring (bicyclic) bond motifs is 1. The van der Waals surface area contributed by atoms with Gasteiger partial charge in [0.1, 0.15) is 17.3 Å². The Balaban J connectivity index is 2.19. The summed E-state index contributed by atoms with van der Waals surface area (Å²) in [6.07, 6.45) is 2.75. The highest BCUT2D eigenvalue weighted by Gasteiger charge is 2.29. The molecule has 0 aromatic heterocycles.